The molecule has 6 heteroatoms. The zero-order valence-corrected chi connectivity index (χ0v) is 12.6. The fourth-order valence-electron chi connectivity index (χ4n) is 4.86. The molecule has 4 rings (SSSR count). The van der Waals surface area contributed by atoms with Crippen LogP contribution in [0.25, 0.3) is 0 Å². The number of hydrogen-bond donors (Lipinski definition) is 1. The molecule has 5 atom stereocenters. The highest BCUT2D eigenvalue weighted by Crippen LogP contribution is 2.55. The van der Waals surface area contributed by atoms with Gasteiger partial charge in [-0.15, -0.1) is 0 Å². The highest BCUT2D eigenvalue weighted by Gasteiger charge is 2.60. The van der Waals surface area contributed by atoms with Crippen LogP contribution in [0.15, 0.2) is 0 Å². The third-order valence-corrected chi connectivity index (χ3v) is 5.87. The van der Waals surface area contributed by atoms with Crippen LogP contribution in [0.4, 0.5) is 0 Å². The van der Waals surface area contributed by atoms with Crippen LogP contribution in [0.2, 0.25) is 0 Å². The summed E-state index contributed by atoms with van der Waals surface area (Å²) in [6.45, 7) is 1.08. The lowest BCUT2D eigenvalue weighted by Gasteiger charge is -2.19. The number of carbonyl (C=O) groups is 3. The summed E-state index contributed by atoms with van der Waals surface area (Å²) in [7, 11) is 0. The van der Waals surface area contributed by atoms with Crippen LogP contribution in [-0.4, -0.2) is 48.4 Å². The molecule has 22 heavy (non-hydrogen) atoms. The Morgan fingerprint density at radius 3 is 2.41 bits per heavy atom. The Kier molecular flexibility index (Phi) is 3.44. The van der Waals surface area contributed by atoms with Crippen LogP contribution in [0.5, 0.6) is 0 Å². The number of ether oxygens (including phenoxy) is 1. The minimum Gasteiger partial charge on any atom is -0.376 e. The molecule has 2 saturated heterocycles. The number of carbonyl (C=O) groups excluding carboxylic acids is 3. The van der Waals surface area contributed by atoms with Crippen molar-refractivity contribution in [3.8, 4) is 0 Å². The van der Waals surface area contributed by atoms with Crippen LogP contribution in [0, 0.1) is 23.7 Å². The minimum absolute atomic E-state index is 0.0733. The molecule has 4 aliphatic rings. The number of fused-ring (bicyclic) bond motifs is 5. The molecule has 1 N–H and O–H groups in total. The summed E-state index contributed by atoms with van der Waals surface area (Å²) in [5, 5.41) is 2.79. The molecule has 2 bridgehead atoms. The summed E-state index contributed by atoms with van der Waals surface area (Å²) in [5.41, 5.74) is 0. The second-order valence-corrected chi connectivity index (χ2v) is 7.09. The molecule has 2 aliphatic heterocycles. The van der Waals surface area contributed by atoms with Crippen molar-refractivity contribution in [1.29, 1.82) is 0 Å². The zero-order valence-electron chi connectivity index (χ0n) is 12.6. The first kappa shape index (κ1) is 14.2. The lowest BCUT2D eigenvalue weighted by atomic mass is 9.81. The standard InChI is InChI=1S/C16H22N2O4/c19-12(17-7-11-2-1-5-22-11)8-18-15(20)13-9-3-4-10(6-9)14(13)16(18)21/h9-11,13-14H,1-8H2,(H,17,19)/t9-,10-,11-,13+,14+/m0/s1. The molecular formula is C16H22N2O4. The van der Waals surface area contributed by atoms with Crippen molar-refractivity contribution in [2.75, 3.05) is 19.7 Å². The van der Waals surface area contributed by atoms with E-state index in [0.717, 1.165) is 38.7 Å². The summed E-state index contributed by atoms with van der Waals surface area (Å²) < 4.78 is 5.45. The van der Waals surface area contributed by atoms with Gasteiger partial charge < -0.3 is 10.1 Å². The first-order valence-electron chi connectivity index (χ1n) is 8.38. The predicted octanol–water partition coefficient (Wildman–Crippen LogP) is 0.313. The lowest BCUT2D eigenvalue weighted by molar-refractivity contribution is -0.144. The van der Waals surface area contributed by atoms with Crippen LogP contribution in [-0.2, 0) is 19.1 Å². The van der Waals surface area contributed by atoms with Gasteiger partial charge in [0.15, 0.2) is 0 Å². The fraction of sp³-hybridized carbons (Fsp3) is 0.812. The number of rotatable bonds is 4. The van der Waals surface area contributed by atoms with Crippen LogP contribution in [0.1, 0.15) is 32.1 Å². The van der Waals surface area contributed by atoms with Crippen molar-refractivity contribution < 1.29 is 19.1 Å². The maximum absolute atomic E-state index is 12.5. The van der Waals surface area contributed by atoms with E-state index >= 15 is 0 Å². The Morgan fingerprint density at radius 2 is 1.82 bits per heavy atom. The summed E-state index contributed by atoms with van der Waals surface area (Å²) in [6.07, 6.45) is 5.19. The lowest BCUT2D eigenvalue weighted by Crippen LogP contribution is -2.43. The summed E-state index contributed by atoms with van der Waals surface area (Å²) in [5.74, 6) is -0.0410. The van der Waals surface area contributed by atoms with Gasteiger partial charge in [0.2, 0.25) is 17.7 Å². The monoisotopic (exact) mass is 306 g/mol. The van der Waals surface area contributed by atoms with Crippen molar-refractivity contribution in [1.82, 2.24) is 10.2 Å². The second kappa shape index (κ2) is 5.33. The average Bonchev–Trinajstić information content (AvgIpc) is 3.26. The number of likely N-dealkylation sites (tertiary alicyclic amines) is 1. The Hall–Kier alpha value is -1.43. The van der Waals surface area contributed by atoms with Crippen molar-refractivity contribution in [3.63, 3.8) is 0 Å². The van der Waals surface area contributed by atoms with E-state index in [-0.39, 0.29) is 42.2 Å². The van der Waals surface area contributed by atoms with Crippen molar-refractivity contribution in [3.05, 3.63) is 0 Å². The Bertz CT molecular complexity index is 486. The molecule has 3 amide bonds. The van der Waals surface area contributed by atoms with Crippen molar-refractivity contribution >= 4 is 17.7 Å². The highest BCUT2D eigenvalue weighted by atomic mass is 16.5. The molecule has 2 heterocycles. The smallest absolute Gasteiger partial charge is 0.240 e. The molecule has 2 saturated carbocycles. The van der Waals surface area contributed by atoms with Crippen LogP contribution in [0.3, 0.4) is 0 Å². The molecule has 0 radical (unpaired) electrons. The van der Waals surface area contributed by atoms with Gasteiger partial charge in [-0.1, -0.05) is 0 Å². The molecule has 6 nitrogen and oxygen atoms in total. The number of nitrogens with zero attached hydrogens (tertiary/aromatic N) is 1. The molecular weight excluding hydrogens is 284 g/mol. The summed E-state index contributed by atoms with van der Waals surface area (Å²) in [6, 6.07) is 0. The minimum atomic E-state index is -0.260. The van der Waals surface area contributed by atoms with Gasteiger partial charge in [0.05, 0.1) is 17.9 Å². The summed E-state index contributed by atoms with van der Waals surface area (Å²) in [4.78, 5) is 38.2. The molecule has 0 unspecified atom stereocenters. The van der Waals surface area contributed by atoms with E-state index in [2.05, 4.69) is 5.32 Å². The number of hydrogen-bond acceptors (Lipinski definition) is 4. The van der Waals surface area contributed by atoms with Gasteiger partial charge in [0.25, 0.3) is 0 Å². The largest absolute Gasteiger partial charge is 0.376 e. The number of nitrogens with one attached hydrogen (secondary N) is 1. The van der Waals surface area contributed by atoms with Crippen molar-refractivity contribution in [2.45, 2.75) is 38.2 Å². The van der Waals surface area contributed by atoms with E-state index in [9.17, 15) is 14.4 Å². The van der Waals surface area contributed by atoms with Crippen LogP contribution < -0.4 is 5.32 Å². The average molecular weight is 306 g/mol. The molecule has 0 aromatic rings. The number of imide groups is 1. The van der Waals surface area contributed by atoms with Crippen LogP contribution >= 0.6 is 0 Å². The van der Waals surface area contributed by atoms with Crippen molar-refractivity contribution in [2.24, 2.45) is 23.7 Å². The fourth-order valence-corrected chi connectivity index (χ4v) is 4.86. The van der Waals surface area contributed by atoms with Gasteiger partial charge in [-0.3, -0.25) is 19.3 Å². The third-order valence-electron chi connectivity index (χ3n) is 5.87. The van der Waals surface area contributed by atoms with Gasteiger partial charge >= 0.3 is 0 Å². The predicted molar refractivity (Wildman–Crippen MR) is 76.5 cm³/mol. The third kappa shape index (κ3) is 2.16. The molecule has 0 spiro atoms. The Labute approximate surface area is 129 Å². The molecule has 120 valence electrons. The van der Waals surface area contributed by atoms with E-state index < -0.39 is 0 Å². The van der Waals surface area contributed by atoms with E-state index in [1.165, 1.54) is 4.90 Å². The van der Waals surface area contributed by atoms with E-state index in [4.69, 9.17) is 4.74 Å². The van der Waals surface area contributed by atoms with Gasteiger partial charge in [-0.05, 0) is 43.9 Å². The maximum atomic E-state index is 12.5. The van der Waals surface area contributed by atoms with Gasteiger partial charge in [-0.25, -0.2) is 0 Å². The zero-order chi connectivity index (χ0) is 15.3. The van der Waals surface area contributed by atoms with E-state index in [1.54, 1.807) is 0 Å². The van der Waals surface area contributed by atoms with Gasteiger partial charge in [0, 0.05) is 13.2 Å². The first-order valence-corrected chi connectivity index (χ1v) is 8.38. The molecule has 0 aromatic carbocycles. The Morgan fingerprint density at radius 1 is 1.14 bits per heavy atom. The molecule has 0 aromatic heterocycles. The van der Waals surface area contributed by atoms with Gasteiger partial charge in [-0.2, -0.15) is 0 Å². The summed E-state index contributed by atoms with van der Waals surface area (Å²) >= 11 is 0. The van der Waals surface area contributed by atoms with E-state index in [0.29, 0.717) is 18.4 Å². The second-order valence-electron chi connectivity index (χ2n) is 7.09. The normalized spacial score (nSPS) is 39.6. The van der Waals surface area contributed by atoms with Gasteiger partial charge in [0.1, 0.15) is 6.54 Å². The first-order chi connectivity index (χ1) is 10.6. The molecule has 2 aliphatic carbocycles. The maximum Gasteiger partial charge on any atom is 0.240 e. The quantitative estimate of drug-likeness (QED) is 0.759. The SMILES string of the molecule is O=C(CN1C(=O)[C@@H]2[C@H]3CC[C@@H](C3)[C@H]2C1=O)NC[C@@H]1CCCO1. The highest BCUT2D eigenvalue weighted by molar-refractivity contribution is 6.08. The Balaban J connectivity index is 1.35. The number of amides is 3. The topological polar surface area (TPSA) is 75.7 Å². The molecule has 4 fully saturated rings. The van der Waals surface area contributed by atoms with E-state index in [1.807, 2.05) is 0 Å².